The normalized spacial score (nSPS) is 11.9. The SMILES string of the molecule is Cc1ccc(NC(=O)C(C)CCN)c([N+](=O)[O-])c1. The van der Waals surface area contributed by atoms with Crippen LogP contribution in [0.15, 0.2) is 18.2 Å². The first-order valence-corrected chi connectivity index (χ1v) is 5.71. The van der Waals surface area contributed by atoms with E-state index >= 15 is 0 Å². The average molecular weight is 251 g/mol. The maximum Gasteiger partial charge on any atom is 0.293 e. The second kappa shape index (κ2) is 6.11. The highest BCUT2D eigenvalue weighted by molar-refractivity contribution is 5.94. The first-order valence-electron chi connectivity index (χ1n) is 5.71. The van der Waals surface area contributed by atoms with Crippen LogP contribution in [0.3, 0.4) is 0 Å². The Morgan fingerprint density at radius 3 is 2.78 bits per heavy atom. The number of aryl methyl sites for hydroxylation is 1. The second-order valence-electron chi connectivity index (χ2n) is 4.25. The number of carbonyl (C=O) groups is 1. The van der Waals surface area contributed by atoms with E-state index < -0.39 is 4.92 Å². The Bertz CT molecular complexity index is 460. The van der Waals surface area contributed by atoms with E-state index in [2.05, 4.69) is 5.32 Å². The number of carbonyl (C=O) groups excluding carboxylic acids is 1. The molecular formula is C12H17N3O3. The number of nitro benzene ring substituents is 1. The molecule has 1 atom stereocenters. The van der Waals surface area contributed by atoms with Crippen LogP contribution in [0.4, 0.5) is 11.4 Å². The van der Waals surface area contributed by atoms with Gasteiger partial charge in [0, 0.05) is 12.0 Å². The number of rotatable bonds is 5. The van der Waals surface area contributed by atoms with Gasteiger partial charge in [0.1, 0.15) is 5.69 Å². The van der Waals surface area contributed by atoms with Gasteiger partial charge in [-0.15, -0.1) is 0 Å². The molecule has 0 spiro atoms. The predicted molar refractivity (Wildman–Crippen MR) is 69.3 cm³/mol. The molecule has 0 aliphatic heterocycles. The molecule has 6 heteroatoms. The molecule has 0 aliphatic carbocycles. The van der Waals surface area contributed by atoms with Gasteiger partial charge in [0.05, 0.1) is 4.92 Å². The molecule has 1 aromatic rings. The number of amides is 1. The van der Waals surface area contributed by atoms with Gasteiger partial charge in [0.25, 0.3) is 5.69 Å². The number of nitrogens with zero attached hydrogens (tertiary/aromatic N) is 1. The van der Waals surface area contributed by atoms with Crippen molar-refractivity contribution in [1.82, 2.24) is 0 Å². The summed E-state index contributed by atoms with van der Waals surface area (Å²) >= 11 is 0. The minimum Gasteiger partial charge on any atom is -0.330 e. The molecule has 0 aromatic heterocycles. The van der Waals surface area contributed by atoms with Crippen LogP contribution in [0, 0.1) is 23.0 Å². The van der Waals surface area contributed by atoms with Crippen molar-refractivity contribution in [3.63, 3.8) is 0 Å². The Balaban J connectivity index is 2.90. The first-order chi connectivity index (χ1) is 8.45. The zero-order valence-corrected chi connectivity index (χ0v) is 10.5. The minimum absolute atomic E-state index is 0.0942. The number of anilines is 1. The van der Waals surface area contributed by atoms with Crippen molar-refractivity contribution < 1.29 is 9.72 Å². The van der Waals surface area contributed by atoms with Crippen molar-refractivity contribution in [2.45, 2.75) is 20.3 Å². The third kappa shape index (κ3) is 3.53. The highest BCUT2D eigenvalue weighted by Gasteiger charge is 2.18. The Hall–Kier alpha value is -1.95. The van der Waals surface area contributed by atoms with Crippen molar-refractivity contribution in [2.75, 3.05) is 11.9 Å². The van der Waals surface area contributed by atoms with E-state index in [-0.39, 0.29) is 23.2 Å². The van der Waals surface area contributed by atoms with Crippen LogP contribution < -0.4 is 11.1 Å². The molecule has 0 saturated carbocycles. The van der Waals surface area contributed by atoms with Gasteiger partial charge in [0.2, 0.25) is 5.91 Å². The second-order valence-corrected chi connectivity index (χ2v) is 4.25. The molecule has 6 nitrogen and oxygen atoms in total. The van der Waals surface area contributed by atoms with E-state index in [1.165, 1.54) is 6.07 Å². The standard InChI is InChI=1S/C12H17N3O3/c1-8-3-4-10(11(7-8)15(17)18)14-12(16)9(2)5-6-13/h3-4,7,9H,5-6,13H2,1-2H3,(H,14,16). The summed E-state index contributed by atoms with van der Waals surface area (Å²) in [6, 6.07) is 4.69. The van der Waals surface area contributed by atoms with Gasteiger partial charge in [0.15, 0.2) is 0 Å². The summed E-state index contributed by atoms with van der Waals surface area (Å²) < 4.78 is 0. The van der Waals surface area contributed by atoms with Crippen molar-refractivity contribution in [3.8, 4) is 0 Å². The lowest BCUT2D eigenvalue weighted by atomic mass is 10.1. The van der Waals surface area contributed by atoms with E-state index in [0.717, 1.165) is 5.56 Å². The monoisotopic (exact) mass is 251 g/mol. The largest absolute Gasteiger partial charge is 0.330 e. The van der Waals surface area contributed by atoms with Gasteiger partial charge in [-0.25, -0.2) is 0 Å². The third-order valence-corrected chi connectivity index (χ3v) is 2.66. The zero-order chi connectivity index (χ0) is 13.7. The number of nitrogens with one attached hydrogen (secondary N) is 1. The molecule has 0 saturated heterocycles. The van der Waals surface area contributed by atoms with Gasteiger partial charge < -0.3 is 11.1 Å². The van der Waals surface area contributed by atoms with E-state index in [1.54, 1.807) is 26.0 Å². The highest BCUT2D eigenvalue weighted by atomic mass is 16.6. The van der Waals surface area contributed by atoms with Gasteiger partial charge >= 0.3 is 0 Å². The first kappa shape index (κ1) is 14.1. The summed E-state index contributed by atoms with van der Waals surface area (Å²) in [5, 5.41) is 13.5. The molecule has 18 heavy (non-hydrogen) atoms. The molecule has 0 radical (unpaired) electrons. The summed E-state index contributed by atoms with van der Waals surface area (Å²) in [7, 11) is 0. The van der Waals surface area contributed by atoms with Crippen molar-refractivity contribution >= 4 is 17.3 Å². The van der Waals surface area contributed by atoms with Gasteiger partial charge in [-0.3, -0.25) is 14.9 Å². The molecule has 1 rings (SSSR count). The maximum atomic E-state index is 11.8. The number of benzene rings is 1. The number of hydrogen-bond acceptors (Lipinski definition) is 4. The Morgan fingerprint density at radius 2 is 2.22 bits per heavy atom. The van der Waals surface area contributed by atoms with E-state index in [4.69, 9.17) is 5.73 Å². The van der Waals surface area contributed by atoms with E-state index in [0.29, 0.717) is 13.0 Å². The summed E-state index contributed by atoms with van der Waals surface area (Å²) in [5.41, 5.74) is 6.27. The molecule has 98 valence electrons. The number of hydrogen-bond donors (Lipinski definition) is 2. The molecule has 0 fully saturated rings. The van der Waals surface area contributed by atoms with Gasteiger partial charge in [-0.1, -0.05) is 13.0 Å². The lowest BCUT2D eigenvalue weighted by molar-refractivity contribution is -0.384. The molecule has 1 unspecified atom stereocenters. The predicted octanol–water partition coefficient (Wildman–Crippen LogP) is 1.83. The minimum atomic E-state index is -0.504. The van der Waals surface area contributed by atoms with Crippen LogP contribution in [0.25, 0.3) is 0 Å². The zero-order valence-electron chi connectivity index (χ0n) is 10.5. The van der Waals surface area contributed by atoms with Crippen LogP contribution in [-0.2, 0) is 4.79 Å². The van der Waals surface area contributed by atoms with Crippen molar-refractivity contribution in [1.29, 1.82) is 0 Å². The lowest BCUT2D eigenvalue weighted by Crippen LogP contribution is -2.23. The van der Waals surface area contributed by atoms with E-state index in [1.807, 2.05) is 0 Å². The molecule has 0 bridgehead atoms. The topological polar surface area (TPSA) is 98.3 Å². The average Bonchev–Trinajstić information content (AvgIpc) is 2.31. The number of nitrogens with two attached hydrogens (primary N) is 1. The Morgan fingerprint density at radius 1 is 1.56 bits per heavy atom. The highest BCUT2D eigenvalue weighted by Crippen LogP contribution is 2.25. The van der Waals surface area contributed by atoms with Crippen molar-refractivity contribution in [2.24, 2.45) is 11.7 Å². The van der Waals surface area contributed by atoms with Crippen LogP contribution in [0.2, 0.25) is 0 Å². The van der Waals surface area contributed by atoms with Crippen molar-refractivity contribution in [3.05, 3.63) is 33.9 Å². The fourth-order valence-corrected chi connectivity index (χ4v) is 1.54. The molecule has 0 aliphatic rings. The maximum absolute atomic E-state index is 11.8. The summed E-state index contributed by atoms with van der Waals surface area (Å²) in [6.45, 7) is 3.91. The van der Waals surface area contributed by atoms with Crippen LogP contribution >= 0.6 is 0 Å². The summed E-state index contributed by atoms with van der Waals surface area (Å²) in [6.07, 6.45) is 0.547. The van der Waals surface area contributed by atoms with E-state index in [9.17, 15) is 14.9 Å². The Labute approximate surface area is 105 Å². The van der Waals surface area contributed by atoms with Crippen LogP contribution in [-0.4, -0.2) is 17.4 Å². The summed E-state index contributed by atoms with van der Waals surface area (Å²) in [5.74, 6) is -0.525. The fourth-order valence-electron chi connectivity index (χ4n) is 1.54. The quantitative estimate of drug-likeness (QED) is 0.616. The summed E-state index contributed by atoms with van der Waals surface area (Å²) in [4.78, 5) is 22.2. The molecule has 1 amide bonds. The number of nitro groups is 1. The Kier molecular flexibility index (Phi) is 4.79. The van der Waals surface area contributed by atoms with Gasteiger partial charge in [-0.05, 0) is 31.5 Å². The fraction of sp³-hybridized carbons (Fsp3) is 0.417. The lowest BCUT2D eigenvalue weighted by Gasteiger charge is -2.11. The molecule has 1 aromatic carbocycles. The van der Waals surface area contributed by atoms with Crippen LogP contribution in [0.1, 0.15) is 18.9 Å². The van der Waals surface area contributed by atoms with Crippen LogP contribution in [0.5, 0.6) is 0 Å². The molecule has 3 N–H and O–H groups in total. The molecular weight excluding hydrogens is 234 g/mol. The third-order valence-electron chi connectivity index (χ3n) is 2.66. The molecule has 0 heterocycles. The van der Waals surface area contributed by atoms with Gasteiger partial charge in [-0.2, -0.15) is 0 Å². The smallest absolute Gasteiger partial charge is 0.293 e.